The molecule has 2 nitrogen and oxygen atoms in total. The van der Waals surface area contributed by atoms with Crippen LogP contribution in [0.4, 0.5) is 0 Å². The molecule has 0 radical (unpaired) electrons. The molecule has 1 aromatic carbocycles. The van der Waals surface area contributed by atoms with Crippen molar-refractivity contribution in [1.29, 1.82) is 0 Å². The molecule has 0 aliphatic heterocycles. The first-order chi connectivity index (χ1) is 7.18. The lowest BCUT2D eigenvalue weighted by atomic mass is 10.1. The fourth-order valence-corrected chi connectivity index (χ4v) is 1.60. The van der Waals surface area contributed by atoms with Gasteiger partial charge in [0.05, 0.1) is 0 Å². The summed E-state index contributed by atoms with van der Waals surface area (Å²) >= 11 is 0. The second-order valence-electron chi connectivity index (χ2n) is 3.51. The summed E-state index contributed by atoms with van der Waals surface area (Å²) in [6.45, 7) is 3.44. The van der Waals surface area contributed by atoms with Gasteiger partial charge >= 0.3 is 0 Å². The summed E-state index contributed by atoms with van der Waals surface area (Å²) in [5.74, 6) is 0.883. The molecule has 76 valence electrons. The molecule has 1 aromatic heterocycles. The van der Waals surface area contributed by atoms with Gasteiger partial charge in [-0.15, -0.1) is 0 Å². The molecule has 0 fully saturated rings. The zero-order valence-electron chi connectivity index (χ0n) is 8.78. The highest BCUT2D eigenvalue weighted by Crippen LogP contribution is 2.26. The molecule has 15 heavy (non-hydrogen) atoms. The predicted octanol–water partition coefficient (Wildman–Crippen LogP) is 3.34. The summed E-state index contributed by atoms with van der Waals surface area (Å²) in [4.78, 5) is 10.9. The number of hydrogen-bond donors (Lipinski definition) is 0. The highest BCUT2D eigenvalue weighted by atomic mass is 16.3. The van der Waals surface area contributed by atoms with Gasteiger partial charge in [0, 0.05) is 10.9 Å². The molecule has 0 saturated heterocycles. The summed E-state index contributed by atoms with van der Waals surface area (Å²) in [6.07, 6.45) is 3.37. The maximum absolute atomic E-state index is 10.9. The monoisotopic (exact) mass is 200 g/mol. The minimum absolute atomic E-state index is 0.0414. The maximum Gasteiger partial charge on any atom is 0.152 e. The molecule has 0 aliphatic rings. The van der Waals surface area contributed by atoms with Crippen molar-refractivity contribution in [2.75, 3.05) is 0 Å². The predicted molar refractivity (Wildman–Crippen MR) is 60.7 cm³/mol. The van der Waals surface area contributed by atoms with Crippen molar-refractivity contribution >= 4 is 22.8 Å². The number of carbonyl (C=O) groups is 1. The van der Waals surface area contributed by atoms with E-state index in [4.69, 9.17) is 4.42 Å². The lowest BCUT2D eigenvalue weighted by molar-refractivity contribution is -0.112. The number of para-hydroxylation sites is 1. The van der Waals surface area contributed by atoms with Crippen molar-refractivity contribution in [3.63, 3.8) is 0 Å². The molecule has 0 atom stereocenters. The molecule has 2 aromatic rings. The molecule has 0 amide bonds. The first-order valence-corrected chi connectivity index (χ1v) is 4.85. The quantitative estimate of drug-likeness (QED) is 0.696. The zero-order chi connectivity index (χ0) is 10.8. The molecular formula is C13H12O2. The Morgan fingerprint density at radius 2 is 2.07 bits per heavy atom. The van der Waals surface area contributed by atoms with Crippen molar-refractivity contribution in [1.82, 2.24) is 0 Å². The van der Waals surface area contributed by atoms with E-state index in [0.717, 1.165) is 22.3 Å². The van der Waals surface area contributed by atoms with Crippen molar-refractivity contribution in [2.45, 2.75) is 13.8 Å². The lowest BCUT2D eigenvalue weighted by Crippen LogP contribution is -1.80. The van der Waals surface area contributed by atoms with Gasteiger partial charge in [-0.25, -0.2) is 0 Å². The molecule has 0 saturated carbocycles. The number of benzene rings is 1. The lowest BCUT2D eigenvalue weighted by Gasteiger charge is -1.89. The van der Waals surface area contributed by atoms with Gasteiger partial charge in [-0.2, -0.15) is 0 Å². The van der Waals surface area contributed by atoms with Crippen molar-refractivity contribution in [3.8, 4) is 0 Å². The van der Waals surface area contributed by atoms with Gasteiger partial charge in [0.1, 0.15) is 11.3 Å². The van der Waals surface area contributed by atoms with Gasteiger partial charge in [0.25, 0.3) is 0 Å². The van der Waals surface area contributed by atoms with Crippen LogP contribution in [0.3, 0.4) is 0 Å². The standard InChI is InChI=1S/C13H12O2/c1-9(14)7-8-11-10(2)15-13-6-4-3-5-12(11)13/h3-8H,1-2H3. The Bertz CT molecular complexity index is 532. The molecule has 1 heterocycles. The summed E-state index contributed by atoms with van der Waals surface area (Å²) in [6, 6.07) is 7.81. The molecular weight excluding hydrogens is 188 g/mol. The third-order valence-electron chi connectivity index (χ3n) is 2.30. The molecule has 2 heteroatoms. The third-order valence-corrected chi connectivity index (χ3v) is 2.30. The second-order valence-corrected chi connectivity index (χ2v) is 3.51. The molecule has 2 rings (SSSR count). The summed E-state index contributed by atoms with van der Waals surface area (Å²) in [7, 11) is 0. The highest BCUT2D eigenvalue weighted by molar-refractivity contribution is 5.96. The van der Waals surface area contributed by atoms with Gasteiger partial charge < -0.3 is 4.42 Å². The van der Waals surface area contributed by atoms with E-state index in [0.29, 0.717) is 0 Å². The number of furan rings is 1. The number of rotatable bonds is 2. The van der Waals surface area contributed by atoms with Gasteiger partial charge in [-0.1, -0.05) is 18.2 Å². The largest absolute Gasteiger partial charge is 0.461 e. The van der Waals surface area contributed by atoms with Gasteiger partial charge in [0.15, 0.2) is 5.78 Å². The van der Waals surface area contributed by atoms with Crippen LogP contribution in [0.2, 0.25) is 0 Å². The second kappa shape index (κ2) is 3.73. The van der Waals surface area contributed by atoms with Crippen LogP contribution in [0.5, 0.6) is 0 Å². The Morgan fingerprint density at radius 3 is 2.80 bits per heavy atom. The number of allylic oxidation sites excluding steroid dienone is 1. The van der Waals surface area contributed by atoms with E-state index in [1.54, 1.807) is 6.08 Å². The van der Waals surface area contributed by atoms with Crippen molar-refractivity contribution in [2.24, 2.45) is 0 Å². The molecule has 0 aliphatic carbocycles. The van der Waals surface area contributed by atoms with Crippen molar-refractivity contribution in [3.05, 3.63) is 41.7 Å². The summed E-state index contributed by atoms with van der Waals surface area (Å²) < 4.78 is 5.57. The third kappa shape index (κ3) is 1.84. The van der Waals surface area contributed by atoms with E-state index >= 15 is 0 Å². The number of ketones is 1. The van der Waals surface area contributed by atoms with E-state index in [-0.39, 0.29) is 5.78 Å². The number of carbonyl (C=O) groups excluding carboxylic acids is 1. The smallest absolute Gasteiger partial charge is 0.152 e. The molecule has 0 bridgehead atoms. The molecule has 0 N–H and O–H groups in total. The minimum Gasteiger partial charge on any atom is -0.461 e. The number of hydrogen-bond acceptors (Lipinski definition) is 2. The average Bonchev–Trinajstić information content (AvgIpc) is 2.50. The molecule has 0 spiro atoms. The SMILES string of the molecule is CC(=O)C=Cc1c(C)oc2ccccc12. The Kier molecular flexibility index (Phi) is 2.42. The van der Waals surface area contributed by atoms with E-state index in [1.165, 1.54) is 6.92 Å². The Balaban J connectivity index is 2.59. The van der Waals surface area contributed by atoms with Gasteiger partial charge in [-0.3, -0.25) is 4.79 Å². The van der Waals surface area contributed by atoms with Crippen molar-refractivity contribution < 1.29 is 9.21 Å². The van der Waals surface area contributed by atoms with Gasteiger partial charge in [-0.05, 0) is 32.1 Å². The minimum atomic E-state index is 0.0414. The van der Waals surface area contributed by atoms with Crippen LogP contribution >= 0.6 is 0 Å². The van der Waals surface area contributed by atoms with Crippen LogP contribution in [0, 0.1) is 6.92 Å². The topological polar surface area (TPSA) is 30.2 Å². The number of aryl methyl sites for hydroxylation is 1. The van der Waals surface area contributed by atoms with Crippen LogP contribution in [0.25, 0.3) is 17.0 Å². The Morgan fingerprint density at radius 1 is 1.33 bits per heavy atom. The van der Waals surface area contributed by atoms with E-state index in [9.17, 15) is 4.79 Å². The highest BCUT2D eigenvalue weighted by Gasteiger charge is 2.06. The maximum atomic E-state index is 10.9. The normalized spacial score (nSPS) is 11.3. The number of fused-ring (bicyclic) bond motifs is 1. The fourth-order valence-electron chi connectivity index (χ4n) is 1.60. The van der Waals surface area contributed by atoms with E-state index < -0.39 is 0 Å². The van der Waals surface area contributed by atoms with Crippen LogP contribution in [-0.2, 0) is 4.79 Å². The Hall–Kier alpha value is -1.83. The summed E-state index contributed by atoms with van der Waals surface area (Å²) in [5, 5.41) is 1.05. The fraction of sp³-hybridized carbons (Fsp3) is 0.154. The van der Waals surface area contributed by atoms with Crippen LogP contribution in [0.1, 0.15) is 18.2 Å². The average molecular weight is 200 g/mol. The molecule has 0 unspecified atom stereocenters. The zero-order valence-corrected chi connectivity index (χ0v) is 8.78. The Labute approximate surface area is 88.2 Å². The first kappa shape index (κ1) is 9.71. The first-order valence-electron chi connectivity index (χ1n) is 4.85. The van der Waals surface area contributed by atoms with Gasteiger partial charge in [0.2, 0.25) is 0 Å². The van der Waals surface area contributed by atoms with Crippen LogP contribution in [-0.4, -0.2) is 5.78 Å². The van der Waals surface area contributed by atoms with E-state index in [2.05, 4.69) is 0 Å². The van der Waals surface area contributed by atoms with E-state index in [1.807, 2.05) is 37.3 Å². The van der Waals surface area contributed by atoms with Crippen LogP contribution in [0.15, 0.2) is 34.8 Å². The summed E-state index contributed by atoms with van der Waals surface area (Å²) in [5.41, 5.74) is 1.85. The van der Waals surface area contributed by atoms with Crippen LogP contribution < -0.4 is 0 Å².